The zero-order valence-corrected chi connectivity index (χ0v) is 12.2. The molecule has 0 saturated carbocycles. The molecule has 0 radical (unpaired) electrons. The Labute approximate surface area is 128 Å². The Kier molecular flexibility index (Phi) is 3.80. The van der Waals surface area contributed by atoms with Crippen molar-refractivity contribution in [2.75, 3.05) is 11.4 Å². The maximum atomic E-state index is 11.2. The summed E-state index contributed by atoms with van der Waals surface area (Å²) >= 11 is 5.98. The van der Waals surface area contributed by atoms with Gasteiger partial charge in [-0.1, -0.05) is 29.8 Å². The Morgan fingerprint density at radius 3 is 2.86 bits per heavy atom. The second-order valence-electron chi connectivity index (χ2n) is 5.08. The van der Waals surface area contributed by atoms with E-state index in [4.69, 9.17) is 11.6 Å². The van der Waals surface area contributed by atoms with Gasteiger partial charge in [-0.3, -0.25) is 0 Å². The molecule has 2 aromatic rings. The monoisotopic (exact) mass is 302 g/mol. The summed E-state index contributed by atoms with van der Waals surface area (Å²) in [5, 5.41) is 9.38. The van der Waals surface area contributed by atoms with Crippen LogP contribution in [0.2, 0.25) is 5.15 Å². The highest BCUT2D eigenvalue weighted by Gasteiger charge is 2.19. The van der Waals surface area contributed by atoms with E-state index in [2.05, 4.69) is 16.0 Å². The third kappa shape index (κ3) is 2.85. The normalized spacial score (nSPS) is 14.4. The van der Waals surface area contributed by atoms with Gasteiger partial charge < -0.3 is 10.0 Å². The molecule has 0 aliphatic carbocycles. The summed E-state index contributed by atoms with van der Waals surface area (Å²) in [6.07, 6.45) is 3.17. The minimum Gasteiger partial charge on any atom is -0.478 e. The van der Waals surface area contributed by atoms with Crippen LogP contribution >= 0.6 is 11.6 Å². The molecule has 2 heterocycles. The first-order valence-corrected chi connectivity index (χ1v) is 7.29. The van der Waals surface area contributed by atoms with Gasteiger partial charge in [-0.2, -0.15) is 0 Å². The number of carboxylic acid groups (broad SMARTS) is 1. The van der Waals surface area contributed by atoms with Crippen molar-refractivity contribution < 1.29 is 9.90 Å². The highest BCUT2D eigenvalue weighted by molar-refractivity contribution is 6.29. The highest BCUT2D eigenvalue weighted by atomic mass is 35.5. The molecule has 1 aliphatic heterocycles. The molecular weight excluding hydrogens is 288 g/mol. The third-order valence-corrected chi connectivity index (χ3v) is 3.86. The number of carbonyl (C=O) groups is 1. The van der Waals surface area contributed by atoms with E-state index in [0.29, 0.717) is 5.82 Å². The molecule has 108 valence electrons. The van der Waals surface area contributed by atoms with Gasteiger partial charge in [0.05, 0.1) is 5.56 Å². The number of aromatic nitrogens is 1. The van der Waals surface area contributed by atoms with Gasteiger partial charge in [-0.25, -0.2) is 9.78 Å². The van der Waals surface area contributed by atoms with Crippen molar-refractivity contribution in [3.63, 3.8) is 0 Å². The van der Waals surface area contributed by atoms with Crippen LogP contribution in [0.3, 0.4) is 0 Å². The Balaban J connectivity index is 2.09. The topological polar surface area (TPSA) is 53.4 Å². The quantitative estimate of drug-likeness (QED) is 0.855. The summed E-state index contributed by atoms with van der Waals surface area (Å²) in [5.41, 5.74) is 2.50. The van der Waals surface area contributed by atoms with Gasteiger partial charge in [0.2, 0.25) is 0 Å². The van der Waals surface area contributed by atoms with Crippen molar-refractivity contribution in [2.45, 2.75) is 19.3 Å². The molecule has 0 atom stereocenters. The van der Waals surface area contributed by atoms with Crippen LogP contribution in [0.1, 0.15) is 28.8 Å². The number of halogens is 1. The second kappa shape index (κ2) is 5.74. The Bertz CT molecular complexity index is 688. The predicted octanol–water partition coefficient (Wildman–Crippen LogP) is 3.91. The minimum atomic E-state index is -0.997. The van der Waals surface area contributed by atoms with E-state index in [1.807, 2.05) is 18.2 Å². The van der Waals surface area contributed by atoms with Gasteiger partial charge >= 0.3 is 5.97 Å². The summed E-state index contributed by atoms with van der Waals surface area (Å²) in [5.74, 6) is -0.405. The number of pyridine rings is 1. The number of carboxylic acids is 1. The largest absolute Gasteiger partial charge is 0.478 e. The molecule has 5 heteroatoms. The van der Waals surface area contributed by atoms with Crippen molar-refractivity contribution in [2.24, 2.45) is 0 Å². The molecule has 0 spiro atoms. The second-order valence-corrected chi connectivity index (χ2v) is 5.47. The standard InChI is InChI=1S/C16H15ClN2O2/c17-14-9-12(16(20)21)10-15(18-14)19-8-4-3-6-11-5-1-2-7-13(11)19/h1-2,5,7,9-10H,3-4,6,8H2,(H,20,21). The maximum Gasteiger partial charge on any atom is 0.335 e. The van der Waals surface area contributed by atoms with E-state index in [9.17, 15) is 9.90 Å². The molecule has 0 fully saturated rings. The summed E-state index contributed by atoms with van der Waals surface area (Å²) in [6.45, 7) is 0.809. The SMILES string of the molecule is O=C(O)c1cc(Cl)nc(N2CCCCc3ccccc32)c1. The summed E-state index contributed by atoms with van der Waals surface area (Å²) < 4.78 is 0. The lowest BCUT2D eigenvalue weighted by atomic mass is 10.1. The summed E-state index contributed by atoms with van der Waals surface area (Å²) in [7, 11) is 0. The first kappa shape index (κ1) is 13.9. The first-order chi connectivity index (χ1) is 10.1. The van der Waals surface area contributed by atoms with Crippen molar-refractivity contribution in [3.05, 3.63) is 52.7 Å². The minimum absolute atomic E-state index is 0.159. The number of nitrogens with zero attached hydrogens (tertiary/aromatic N) is 2. The van der Waals surface area contributed by atoms with Crippen LogP contribution in [0.4, 0.5) is 11.5 Å². The molecule has 1 aromatic heterocycles. The zero-order valence-electron chi connectivity index (χ0n) is 11.4. The maximum absolute atomic E-state index is 11.2. The number of para-hydroxylation sites is 1. The highest BCUT2D eigenvalue weighted by Crippen LogP contribution is 2.32. The van der Waals surface area contributed by atoms with Crippen LogP contribution in [0.5, 0.6) is 0 Å². The van der Waals surface area contributed by atoms with E-state index in [1.54, 1.807) is 6.07 Å². The molecular formula is C16H15ClN2O2. The number of benzene rings is 1. The summed E-state index contributed by atoms with van der Waals surface area (Å²) in [6, 6.07) is 11.1. The van der Waals surface area contributed by atoms with Crippen molar-refractivity contribution in [3.8, 4) is 0 Å². The van der Waals surface area contributed by atoms with E-state index in [0.717, 1.165) is 31.5 Å². The molecule has 0 amide bonds. The number of fused-ring (bicyclic) bond motifs is 1. The average molecular weight is 303 g/mol. The predicted molar refractivity (Wildman–Crippen MR) is 82.6 cm³/mol. The van der Waals surface area contributed by atoms with Gasteiger partial charge in [-0.15, -0.1) is 0 Å². The van der Waals surface area contributed by atoms with Crippen LogP contribution < -0.4 is 4.90 Å². The number of hydrogen-bond donors (Lipinski definition) is 1. The van der Waals surface area contributed by atoms with Gasteiger partial charge in [0, 0.05) is 12.2 Å². The van der Waals surface area contributed by atoms with E-state index >= 15 is 0 Å². The average Bonchev–Trinajstić information content (AvgIpc) is 2.69. The number of rotatable bonds is 2. The van der Waals surface area contributed by atoms with Gasteiger partial charge in [0.25, 0.3) is 0 Å². The molecule has 4 nitrogen and oxygen atoms in total. The van der Waals surface area contributed by atoms with Crippen LogP contribution in [0.25, 0.3) is 0 Å². The molecule has 1 N–H and O–H groups in total. The molecule has 0 bridgehead atoms. The Morgan fingerprint density at radius 2 is 2.05 bits per heavy atom. The third-order valence-electron chi connectivity index (χ3n) is 3.66. The van der Waals surface area contributed by atoms with Gasteiger partial charge in [0.1, 0.15) is 11.0 Å². The number of hydrogen-bond acceptors (Lipinski definition) is 3. The van der Waals surface area contributed by atoms with E-state index in [1.165, 1.54) is 11.6 Å². The number of aryl methyl sites for hydroxylation is 1. The molecule has 0 saturated heterocycles. The van der Waals surface area contributed by atoms with Crippen LogP contribution in [0.15, 0.2) is 36.4 Å². The molecule has 1 aliphatic rings. The Morgan fingerprint density at radius 1 is 1.24 bits per heavy atom. The summed E-state index contributed by atoms with van der Waals surface area (Å²) in [4.78, 5) is 17.6. The molecule has 21 heavy (non-hydrogen) atoms. The van der Waals surface area contributed by atoms with Crippen molar-refractivity contribution in [1.29, 1.82) is 0 Å². The first-order valence-electron chi connectivity index (χ1n) is 6.91. The van der Waals surface area contributed by atoms with Crippen molar-refractivity contribution in [1.82, 2.24) is 4.98 Å². The lowest BCUT2D eigenvalue weighted by Crippen LogP contribution is -2.19. The van der Waals surface area contributed by atoms with E-state index < -0.39 is 5.97 Å². The molecule has 1 aromatic carbocycles. The fraction of sp³-hybridized carbons (Fsp3) is 0.250. The van der Waals surface area contributed by atoms with Gasteiger partial charge in [0.15, 0.2) is 0 Å². The van der Waals surface area contributed by atoms with Crippen LogP contribution in [-0.4, -0.2) is 22.6 Å². The number of anilines is 2. The lowest BCUT2D eigenvalue weighted by Gasteiger charge is -2.24. The zero-order chi connectivity index (χ0) is 14.8. The van der Waals surface area contributed by atoms with Crippen molar-refractivity contribution >= 4 is 29.1 Å². The fourth-order valence-electron chi connectivity index (χ4n) is 2.67. The molecule has 3 rings (SSSR count). The lowest BCUT2D eigenvalue weighted by molar-refractivity contribution is 0.0697. The van der Waals surface area contributed by atoms with Crippen LogP contribution in [0, 0.1) is 0 Å². The Hall–Kier alpha value is -2.07. The van der Waals surface area contributed by atoms with Crippen LogP contribution in [-0.2, 0) is 6.42 Å². The fourth-order valence-corrected chi connectivity index (χ4v) is 2.88. The smallest absolute Gasteiger partial charge is 0.335 e. The van der Waals surface area contributed by atoms with E-state index in [-0.39, 0.29) is 10.7 Å². The van der Waals surface area contributed by atoms with Gasteiger partial charge in [-0.05, 0) is 43.0 Å². The molecule has 0 unspecified atom stereocenters. The number of aromatic carboxylic acids is 1.